The normalized spacial score (nSPS) is 12.1. The Kier molecular flexibility index (Phi) is 3.45. The number of rotatable bonds is 3. The molecule has 0 bridgehead atoms. The quantitative estimate of drug-likeness (QED) is 0.649. The van der Waals surface area contributed by atoms with Gasteiger partial charge in [0.25, 0.3) is 0 Å². The summed E-state index contributed by atoms with van der Waals surface area (Å²) in [6, 6.07) is 0.0161. The average Bonchev–Trinajstić information content (AvgIpc) is 2.39. The first-order valence-corrected chi connectivity index (χ1v) is 5.64. The zero-order valence-electron chi connectivity index (χ0n) is 11.0. The van der Waals surface area contributed by atoms with Gasteiger partial charge in [-0.2, -0.15) is 5.10 Å². The Balaban J connectivity index is 3.29. The summed E-state index contributed by atoms with van der Waals surface area (Å²) in [6.45, 7) is 9.84. The number of anilines is 1. The lowest BCUT2D eigenvalue weighted by atomic mass is 9.90. The van der Waals surface area contributed by atoms with Crippen molar-refractivity contribution in [2.24, 2.45) is 5.41 Å². The summed E-state index contributed by atoms with van der Waals surface area (Å²) in [6.07, 6.45) is 0.535. The molecule has 0 radical (unpaired) electrons. The molecule has 0 saturated heterocycles. The average molecular weight is 240 g/mol. The van der Waals surface area contributed by atoms with Crippen LogP contribution in [0, 0.1) is 15.5 Å². The molecule has 96 valence electrons. The monoisotopic (exact) mass is 240 g/mol. The van der Waals surface area contributed by atoms with E-state index in [9.17, 15) is 10.1 Å². The molecule has 0 unspecified atom stereocenters. The molecule has 0 aliphatic rings. The molecule has 0 spiro atoms. The zero-order valence-corrected chi connectivity index (χ0v) is 11.0. The van der Waals surface area contributed by atoms with Crippen LogP contribution in [0.1, 0.15) is 46.4 Å². The van der Waals surface area contributed by atoms with Crippen LogP contribution in [-0.2, 0) is 6.42 Å². The molecule has 0 fully saturated rings. The van der Waals surface area contributed by atoms with Crippen LogP contribution < -0.4 is 5.73 Å². The Morgan fingerprint density at radius 3 is 2.35 bits per heavy atom. The summed E-state index contributed by atoms with van der Waals surface area (Å²) in [5.74, 6) is 0.143. The van der Waals surface area contributed by atoms with Crippen LogP contribution in [0.3, 0.4) is 0 Å². The number of aromatic nitrogens is 2. The minimum Gasteiger partial charge on any atom is -0.378 e. The maximum absolute atomic E-state index is 11.0. The first kappa shape index (κ1) is 13.5. The lowest BCUT2D eigenvalue weighted by molar-refractivity contribution is -0.384. The van der Waals surface area contributed by atoms with Gasteiger partial charge in [-0.05, 0) is 19.3 Å². The number of nitrogens with two attached hydrogens (primary N) is 1. The van der Waals surface area contributed by atoms with E-state index in [1.54, 1.807) is 0 Å². The zero-order chi connectivity index (χ0) is 13.4. The van der Waals surface area contributed by atoms with Crippen molar-refractivity contribution in [1.82, 2.24) is 9.78 Å². The molecule has 0 aliphatic heterocycles. The minimum absolute atomic E-state index is 0.0161. The third kappa shape index (κ3) is 2.95. The number of nitrogen functional groups attached to an aromatic ring is 1. The molecule has 0 aliphatic carbocycles. The third-order valence-electron chi connectivity index (χ3n) is 2.36. The van der Waals surface area contributed by atoms with Crippen LogP contribution in [0.5, 0.6) is 0 Å². The molecule has 1 heterocycles. The molecule has 1 aromatic rings. The van der Waals surface area contributed by atoms with Crippen LogP contribution in [0.25, 0.3) is 0 Å². The first-order valence-electron chi connectivity index (χ1n) is 5.64. The van der Waals surface area contributed by atoms with Gasteiger partial charge in [0, 0.05) is 12.5 Å². The van der Waals surface area contributed by atoms with E-state index in [0.29, 0.717) is 12.1 Å². The van der Waals surface area contributed by atoms with Crippen LogP contribution in [0.2, 0.25) is 0 Å². The highest BCUT2D eigenvalue weighted by Crippen LogP contribution is 2.32. The molecule has 6 heteroatoms. The molecule has 2 N–H and O–H groups in total. The van der Waals surface area contributed by atoms with Crippen LogP contribution in [0.4, 0.5) is 11.5 Å². The second-order valence-electron chi connectivity index (χ2n) is 5.71. The summed E-state index contributed by atoms with van der Waals surface area (Å²) in [7, 11) is 0. The molecule has 1 rings (SSSR count). The van der Waals surface area contributed by atoms with E-state index in [1.165, 1.54) is 4.68 Å². The molecule has 0 saturated carbocycles. The van der Waals surface area contributed by atoms with E-state index >= 15 is 0 Å². The van der Waals surface area contributed by atoms with Crippen LogP contribution in [0.15, 0.2) is 0 Å². The smallest absolute Gasteiger partial charge is 0.333 e. The number of nitro groups is 1. The van der Waals surface area contributed by atoms with Gasteiger partial charge in [0.1, 0.15) is 5.69 Å². The predicted molar refractivity (Wildman–Crippen MR) is 66.8 cm³/mol. The third-order valence-corrected chi connectivity index (χ3v) is 2.36. The SMILES string of the molecule is CC(C)n1nc(CC(C)(C)C)c([N+](=O)[O-])c1N. The van der Waals surface area contributed by atoms with Gasteiger partial charge in [-0.15, -0.1) is 0 Å². The second kappa shape index (κ2) is 4.35. The summed E-state index contributed by atoms with van der Waals surface area (Å²) < 4.78 is 1.51. The van der Waals surface area contributed by atoms with E-state index in [2.05, 4.69) is 5.10 Å². The second-order valence-corrected chi connectivity index (χ2v) is 5.71. The fourth-order valence-corrected chi connectivity index (χ4v) is 1.70. The Morgan fingerprint density at radius 2 is 2.00 bits per heavy atom. The van der Waals surface area contributed by atoms with Gasteiger partial charge in [0.15, 0.2) is 0 Å². The molecular weight excluding hydrogens is 220 g/mol. The van der Waals surface area contributed by atoms with E-state index in [-0.39, 0.29) is 23.0 Å². The highest BCUT2D eigenvalue weighted by Gasteiger charge is 2.29. The fourth-order valence-electron chi connectivity index (χ4n) is 1.70. The van der Waals surface area contributed by atoms with Crippen molar-refractivity contribution < 1.29 is 4.92 Å². The predicted octanol–water partition coefficient (Wildman–Crippen LogP) is 2.54. The summed E-state index contributed by atoms with van der Waals surface area (Å²) in [4.78, 5) is 10.6. The van der Waals surface area contributed by atoms with Crippen molar-refractivity contribution in [2.75, 3.05) is 5.73 Å². The lowest BCUT2D eigenvalue weighted by Crippen LogP contribution is -2.11. The standard InChI is InChI=1S/C11H20N4O2/c1-7(2)14-10(12)9(15(16)17)8(13-14)6-11(3,4)5/h7H,6,12H2,1-5H3. The minimum atomic E-state index is -0.442. The molecule has 17 heavy (non-hydrogen) atoms. The summed E-state index contributed by atoms with van der Waals surface area (Å²) >= 11 is 0. The van der Waals surface area contributed by atoms with Gasteiger partial charge in [-0.3, -0.25) is 10.1 Å². The van der Waals surface area contributed by atoms with Gasteiger partial charge >= 0.3 is 5.69 Å². The largest absolute Gasteiger partial charge is 0.378 e. The van der Waals surface area contributed by atoms with E-state index in [0.717, 1.165) is 0 Å². The highest BCUT2D eigenvalue weighted by atomic mass is 16.6. The molecule has 6 nitrogen and oxygen atoms in total. The van der Waals surface area contributed by atoms with Gasteiger partial charge in [-0.1, -0.05) is 20.8 Å². The Labute approximate surface area is 101 Å². The van der Waals surface area contributed by atoms with Gasteiger partial charge in [0.05, 0.1) is 4.92 Å². The molecular formula is C11H20N4O2. The number of hydrogen-bond donors (Lipinski definition) is 1. The topological polar surface area (TPSA) is 87.0 Å². The van der Waals surface area contributed by atoms with Crippen molar-refractivity contribution in [2.45, 2.75) is 47.1 Å². The Bertz CT molecular complexity index is 429. The Hall–Kier alpha value is -1.59. The highest BCUT2D eigenvalue weighted by molar-refractivity contribution is 5.57. The van der Waals surface area contributed by atoms with Crippen molar-refractivity contribution in [3.8, 4) is 0 Å². The first-order chi connectivity index (χ1) is 7.63. The van der Waals surface area contributed by atoms with Crippen LogP contribution in [-0.4, -0.2) is 14.7 Å². The Morgan fingerprint density at radius 1 is 1.47 bits per heavy atom. The van der Waals surface area contributed by atoms with E-state index in [1.807, 2.05) is 34.6 Å². The van der Waals surface area contributed by atoms with Crippen molar-refractivity contribution in [3.05, 3.63) is 15.8 Å². The van der Waals surface area contributed by atoms with Crippen LogP contribution >= 0.6 is 0 Å². The van der Waals surface area contributed by atoms with Crippen molar-refractivity contribution in [1.29, 1.82) is 0 Å². The lowest BCUT2D eigenvalue weighted by Gasteiger charge is -2.15. The van der Waals surface area contributed by atoms with Gasteiger partial charge < -0.3 is 5.73 Å². The molecule has 0 aromatic carbocycles. The fraction of sp³-hybridized carbons (Fsp3) is 0.727. The number of hydrogen-bond acceptors (Lipinski definition) is 4. The maximum Gasteiger partial charge on any atom is 0.333 e. The summed E-state index contributed by atoms with van der Waals surface area (Å²) in [5, 5.41) is 15.3. The molecule has 0 atom stereocenters. The van der Waals surface area contributed by atoms with Gasteiger partial charge in [0.2, 0.25) is 5.82 Å². The van der Waals surface area contributed by atoms with Crippen molar-refractivity contribution in [3.63, 3.8) is 0 Å². The maximum atomic E-state index is 11.0. The molecule has 1 aromatic heterocycles. The summed E-state index contributed by atoms with van der Waals surface area (Å²) in [5.41, 5.74) is 6.14. The van der Waals surface area contributed by atoms with Gasteiger partial charge in [-0.25, -0.2) is 4.68 Å². The van der Waals surface area contributed by atoms with E-state index in [4.69, 9.17) is 5.73 Å². The number of nitrogens with zero attached hydrogens (tertiary/aromatic N) is 3. The van der Waals surface area contributed by atoms with Crippen molar-refractivity contribution >= 4 is 11.5 Å². The van der Waals surface area contributed by atoms with E-state index < -0.39 is 4.92 Å². The molecule has 0 amide bonds.